The van der Waals surface area contributed by atoms with Gasteiger partial charge in [0, 0.05) is 13.1 Å². The second kappa shape index (κ2) is 5.01. The van der Waals surface area contributed by atoms with Crippen molar-refractivity contribution in [3.8, 4) is 0 Å². The third kappa shape index (κ3) is 2.58. The number of sulfonamides is 1. The zero-order valence-electron chi connectivity index (χ0n) is 10.2. The highest BCUT2D eigenvalue weighted by molar-refractivity contribution is 7.89. The number of hydrogen-bond donors (Lipinski definition) is 1. The highest BCUT2D eigenvalue weighted by Gasteiger charge is 2.23. The molecule has 1 rings (SSSR count). The van der Waals surface area contributed by atoms with Gasteiger partial charge in [-0.3, -0.25) is 0 Å². The van der Waals surface area contributed by atoms with E-state index in [1.807, 2.05) is 0 Å². The second-order valence-electron chi connectivity index (χ2n) is 3.73. The van der Waals surface area contributed by atoms with E-state index in [-0.39, 0.29) is 16.1 Å². The molecule has 0 saturated heterocycles. The van der Waals surface area contributed by atoms with Gasteiger partial charge < -0.3 is 5.73 Å². The van der Waals surface area contributed by atoms with Crippen molar-refractivity contribution in [3.63, 3.8) is 0 Å². The molecule has 0 saturated carbocycles. The molecule has 2 N–H and O–H groups in total. The van der Waals surface area contributed by atoms with Crippen LogP contribution in [0.15, 0.2) is 17.0 Å². The van der Waals surface area contributed by atoms with Crippen LogP contribution in [0.5, 0.6) is 0 Å². The number of nitrogen functional groups attached to an aromatic ring is 1. The van der Waals surface area contributed by atoms with Gasteiger partial charge in [-0.05, 0) is 24.6 Å². The van der Waals surface area contributed by atoms with Gasteiger partial charge in [0.2, 0.25) is 10.0 Å². The van der Waals surface area contributed by atoms with Crippen LogP contribution in [0, 0.1) is 12.7 Å². The molecule has 0 aliphatic rings. The molecule has 0 bridgehead atoms. The van der Waals surface area contributed by atoms with Gasteiger partial charge in [0.25, 0.3) is 0 Å². The zero-order chi connectivity index (χ0) is 13.2. The minimum atomic E-state index is -3.58. The Morgan fingerprint density at radius 3 is 2.24 bits per heavy atom. The SMILES string of the molecule is CCN(CC)S(=O)(=O)c1cc(C)c(F)c(N)c1. The van der Waals surface area contributed by atoms with Crippen LogP contribution in [0.3, 0.4) is 0 Å². The van der Waals surface area contributed by atoms with Crippen LogP contribution in [0.4, 0.5) is 10.1 Å². The maximum atomic E-state index is 13.3. The van der Waals surface area contributed by atoms with Gasteiger partial charge in [0.1, 0.15) is 5.82 Å². The van der Waals surface area contributed by atoms with Crippen LogP contribution in [0.2, 0.25) is 0 Å². The van der Waals surface area contributed by atoms with Gasteiger partial charge >= 0.3 is 0 Å². The Bertz CT molecular complexity index is 487. The molecule has 1 aromatic carbocycles. The van der Waals surface area contributed by atoms with Gasteiger partial charge in [0.05, 0.1) is 10.6 Å². The van der Waals surface area contributed by atoms with Gasteiger partial charge in [-0.2, -0.15) is 4.31 Å². The number of halogens is 1. The van der Waals surface area contributed by atoms with Crippen LogP contribution in [-0.2, 0) is 10.0 Å². The Balaban J connectivity index is 3.34. The summed E-state index contributed by atoms with van der Waals surface area (Å²) in [6, 6.07) is 2.47. The number of rotatable bonds is 4. The zero-order valence-corrected chi connectivity index (χ0v) is 11.0. The van der Waals surface area contributed by atoms with Gasteiger partial charge in [-0.25, -0.2) is 12.8 Å². The van der Waals surface area contributed by atoms with Crippen LogP contribution < -0.4 is 5.73 Å². The van der Waals surface area contributed by atoms with Gasteiger partial charge in [-0.15, -0.1) is 0 Å². The lowest BCUT2D eigenvalue weighted by molar-refractivity contribution is 0.445. The van der Waals surface area contributed by atoms with Crippen LogP contribution in [0.25, 0.3) is 0 Å². The fourth-order valence-electron chi connectivity index (χ4n) is 1.62. The Morgan fingerprint density at radius 2 is 1.82 bits per heavy atom. The molecule has 0 spiro atoms. The normalized spacial score (nSPS) is 12.1. The molecule has 0 aromatic heterocycles. The highest BCUT2D eigenvalue weighted by Crippen LogP contribution is 2.23. The molecule has 96 valence electrons. The lowest BCUT2D eigenvalue weighted by Gasteiger charge is -2.19. The molecule has 0 atom stereocenters. The van der Waals surface area contributed by atoms with Crippen molar-refractivity contribution in [1.29, 1.82) is 0 Å². The first-order valence-electron chi connectivity index (χ1n) is 5.40. The van der Waals surface area contributed by atoms with E-state index in [9.17, 15) is 12.8 Å². The molecule has 1 aromatic rings. The molecule has 6 heteroatoms. The smallest absolute Gasteiger partial charge is 0.243 e. The summed E-state index contributed by atoms with van der Waals surface area (Å²) in [4.78, 5) is 0.0394. The minimum Gasteiger partial charge on any atom is -0.396 e. The monoisotopic (exact) mass is 260 g/mol. The number of hydrogen-bond acceptors (Lipinski definition) is 3. The largest absolute Gasteiger partial charge is 0.396 e. The van der Waals surface area contributed by atoms with Crippen molar-refractivity contribution in [2.45, 2.75) is 25.7 Å². The number of anilines is 1. The van der Waals surface area contributed by atoms with Crippen LogP contribution in [0.1, 0.15) is 19.4 Å². The molecular formula is C11H17FN2O2S. The molecule has 0 aliphatic heterocycles. The molecule has 0 unspecified atom stereocenters. The first-order valence-corrected chi connectivity index (χ1v) is 6.84. The predicted molar refractivity (Wildman–Crippen MR) is 65.7 cm³/mol. The average molecular weight is 260 g/mol. The fourth-order valence-corrected chi connectivity index (χ4v) is 3.20. The summed E-state index contributed by atoms with van der Waals surface area (Å²) in [5.41, 5.74) is 5.53. The Hall–Kier alpha value is -1.14. The third-order valence-electron chi connectivity index (χ3n) is 2.60. The summed E-state index contributed by atoms with van der Waals surface area (Å²) in [7, 11) is -3.58. The van der Waals surface area contributed by atoms with Crippen molar-refractivity contribution < 1.29 is 12.8 Å². The van der Waals surface area contributed by atoms with Gasteiger partial charge in [0.15, 0.2) is 0 Å². The molecule has 0 heterocycles. The first kappa shape index (κ1) is 13.9. The fraction of sp³-hybridized carbons (Fsp3) is 0.455. The molecular weight excluding hydrogens is 243 g/mol. The number of aryl methyl sites for hydroxylation is 1. The summed E-state index contributed by atoms with van der Waals surface area (Å²) in [5.74, 6) is -0.566. The number of nitrogens with zero attached hydrogens (tertiary/aromatic N) is 1. The second-order valence-corrected chi connectivity index (χ2v) is 5.67. The predicted octanol–water partition coefficient (Wildman–Crippen LogP) is 1.75. The Kier molecular flexibility index (Phi) is 4.11. The van der Waals surface area contributed by atoms with Crippen molar-refractivity contribution in [2.75, 3.05) is 18.8 Å². The summed E-state index contributed by atoms with van der Waals surface area (Å²) in [6.07, 6.45) is 0. The maximum Gasteiger partial charge on any atom is 0.243 e. The minimum absolute atomic E-state index is 0.0394. The molecule has 0 radical (unpaired) electrons. The Morgan fingerprint density at radius 1 is 1.29 bits per heavy atom. The van der Waals surface area contributed by atoms with E-state index in [1.165, 1.54) is 17.3 Å². The van der Waals surface area contributed by atoms with Crippen molar-refractivity contribution in [1.82, 2.24) is 4.31 Å². The molecule has 17 heavy (non-hydrogen) atoms. The maximum absolute atomic E-state index is 13.3. The Labute approximate surface area is 101 Å². The standard InChI is InChI=1S/C11H17FN2O2S/c1-4-14(5-2)17(15,16)9-6-8(3)11(12)10(13)7-9/h6-7H,4-5,13H2,1-3H3. The molecule has 0 amide bonds. The lowest BCUT2D eigenvalue weighted by atomic mass is 10.2. The number of nitrogens with two attached hydrogens (primary N) is 1. The molecule has 4 nitrogen and oxygen atoms in total. The van der Waals surface area contributed by atoms with Crippen molar-refractivity contribution >= 4 is 15.7 Å². The van der Waals surface area contributed by atoms with Crippen LogP contribution in [-0.4, -0.2) is 25.8 Å². The highest BCUT2D eigenvalue weighted by atomic mass is 32.2. The van der Waals surface area contributed by atoms with Gasteiger partial charge in [-0.1, -0.05) is 13.8 Å². The first-order chi connectivity index (χ1) is 7.84. The summed E-state index contributed by atoms with van der Waals surface area (Å²) in [6.45, 7) is 5.73. The molecule has 0 aliphatic carbocycles. The average Bonchev–Trinajstić information content (AvgIpc) is 2.26. The lowest BCUT2D eigenvalue weighted by Crippen LogP contribution is -2.30. The van der Waals surface area contributed by atoms with E-state index in [4.69, 9.17) is 5.73 Å². The summed E-state index contributed by atoms with van der Waals surface area (Å²) in [5, 5.41) is 0. The molecule has 0 fully saturated rings. The quantitative estimate of drug-likeness (QED) is 0.839. The van der Waals surface area contributed by atoms with Crippen LogP contribution >= 0.6 is 0 Å². The topological polar surface area (TPSA) is 63.4 Å². The van der Waals surface area contributed by atoms with Crippen molar-refractivity contribution in [2.24, 2.45) is 0 Å². The van der Waals surface area contributed by atoms with Crippen molar-refractivity contribution in [3.05, 3.63) is 23.5 Å². The van der Waals surface area contributed by atoms with E-state index in [1.54, 1.807) is 13.8 Å². The van der Waals surface area contributed by atoms with E-state index in [0.717, 1.165) is 6.07 Å². The number of benzene rings is 1. The van der Waals surface area contributed by atoms with E-state index in [2.05, 4.69) is 0 Å². The van der Waals surface area contributed by atoms with E-state index >= 15 is 0 Å². The summed E-state index contributed by atoms with van der Waals surface area (Å²) >= 11 is 0. The third-order valence-corrected chi connectivity index (χ3v) is 4.63. The summed E-state index contributed by atoms with van der Waals surface area (Å²) < 4.78 is 39.0. The van der Waals surface area contributed by atoms with E-state index in [0.29, 0.717) is 13.1 Å². The van der Waals surface area contributed by atoms with E-state index < -0.39 is 15.8 Å².